The molecular weight excluding hydrogens is 404 g/mol. The second-order valence-corrected chi connectivity index (χ2v) is 9.46. The summed E-state index contributed by atoms with van der Waals surface area (Å²) in [5.41, 5.74) is 9.41. The van der Waals surface area contributed by atoms with Gasteiger partial charge in [0.1, 0.15) is 0 Å². The summed E-state index contributed by atoms with van der Waals surface area (Å²) in [5.74, 6) is -0.278. The predicted molar refractivity (Wildman–Crippen MR) is 115 cm³/mol. The van der Waals surface area contributed by atoms with E-state index in [0.29, 0.717) is 59.4 Å². The lowest BCUT2D eigenvalue weighted by Gasteiger charge is -2.38. The van der Waals surface area contributed by atoms with Crippen molar-refractivity contribution >= 4 is 22.2 Å². The maximum atomic E-state index is 13.3. The van der Waals surface area contributed by atoms with Gasteiger partial charge in [0.15, 0.2) is 5.69 Å². The van der Waals surface area contributed by atoms with E-state index in [1.54, 1.807) is 33.8 Å². The van der Waals surface area contributed by atoms with Crippen molar-refractivity contribution in [2.45, 2.75) is 10.6 Å². The number of hydrogen-bond acceptors (Lipinski definition) is 6. The first kappa shape index (κ1) is 19.1. The van der Waals surface area contributed by atoms with Crippen molar-refractivity contribution in [3.63, 3.8) is 0 Å². The Hall–Kier alpha value is -2.85. The minimum absolute atomic E-state index is 0.0485. The molecule has 1 fully saturated rings. The van der Waals surface area contributed by atoms with E-state index in [0.717, 1.165) is 0 Å². The number of nitrogen functional groups attached to an aromatic ring is 1. The molecule has 3 heterocycles. The lowest BCUT2D eigenvalue weighted by Crippen LogP contribution is -2.41. The number of aromatic nitrogens is 2. The smallest absolute Gasteiger partial charge is 0.274 e. The lowest BCUT2D eigenvalue weighted by molar-refractivity contribution is 0.0298. The third kappa shape index (κ3) is 3.07. The van der Waals surface area contributed by atoms with Crippen LogP contribution in [0.2, 0.25) is 0 Å². The third-order valence-corrected chi connectivity index (χ3v) is 7.19. The second-order valence-electron chi connectivity index (χ2n) is 7.39. The van der Waals surface area contributed by atoms with E-state index in [1.165, 1.54) is 0 Å². The van der Waals surface area contributed by atoms with Crippen LogP contribution in [-0.4, -0.2) is 56.0 Å². The fourth-order valence-corrected chi connectivity index (χ4v) is 5.67. The standard InChI is InChI=1S/C21H22N4O4S/c22-14-4-3-5-15(12-14)25-20-16-6-1-2-7-18(16)30(27,28)13-17(20)19(23-25)21(26)24-8-10-29-11-9-24/h1-7,12,27-28H,8-11,13,22H2. The van der Waals surface area contributed by atoms with E-state index in [9.17, 15) is 13.9 Å². The van der Waals surface area contributed by atoms with Gasteiger partial charge in [-0.3, -0.25) is 13.9 Å². The highest BCUT2D eigenvalue weighted by atomic mass is 32.3. The van der Waals surface area contributed by atoms with Crippen molar-refractivity contribution in [3.8, 4) is 16.9 Å². The van der Waals surface area contributed by atoms with Crippen LogP contribution in [0.5, 0.6) is 0 Å². The van der Waals surface area contributed by atoms with Gasteiger partial charge in [0.2, 0.25) is 0 Å². The van der Waals surface area contributed by atoms with Crippen LogP contribution in [0.4, 0.5) is 5.69 Å². The van der Waals surface area contributed by atoms with Gasteiger partial charge in [-0.25, -0.2) is 4.68 Å². The van der Waals surface area contributed by atoms with Gasteiger partial charge in [0, 0.05) is 29.9 Å². The van der Waals surface area contributed by atoms with Crippen molar-refractivity contribution in [2.24, 2.45) is 0 Å². The molecule has 0 atom stereocenters. The molecule has 9 heteroatoms. The molecular formula is C21H22N4O4S. The van der Waals surface area contributed by atoms with Gasteiger partial charge in [-0.05, 0) is 24.3 Å². The molecule has 1 saturated heterocycles. The number of ether oxygens (including phenoxy) is 1. The Morgan fingerprint density at radius 3 is 2.63 bits per heavy atom. The van der Waals surface area contributed by atoms with Crippen molar-refractivity contribution in [1.82, 2.24) is 14.7 Å². The molecule has 1 amide bonds. The Labute approximate surface area is 175 Å². The zero-order chi connectivity index (χ0) is 20.9. The SMILES string of the molecule is Nc1cccc(-n2nc(C(=O)N3CCOCC3)c3c2-c2ccccc2S(O)(O)C3)c1. The predicted octanol–water partition coefficient (Wildman–Crippen LogP) is 3.22. The monoisotopic (exact) mass is 426 g/mol. The van der Waals surface area contributed by atoms with Crippen LogP contribution in [0.3, 0.4) is 0 Å². The molecule has 4 N–H and O–H groups in total. The largest absolute Gasteiger partial charge is 0.399 e. The van der Waals surface area contributed by atoms with E-state index in [1.807, 2.05) is 24.3 Å². The van der Waals surface area contributed by atoms with Crippen molar-refractivity contribution < 1.29 is 18.6 Å². The topological polar surface area (TPSA) is 114 Å². The molecule has 2 aromatic carbocycles. The summed E-state index contributed by atoms with van der Waals surface area (Å²) in [7, 11) is -3.09. The van der Waals surface area contributed by atoms with Crippen molar-refractivity contribution in [3.05, 3.63) is 59.8 Å². The minimum Gasteiger partial charge on any atom is -0.399 e. The van der Waals surface area contributed by atoms with Gasteiger partial charge in [-0.2, -0.15) is 15.7 Å². The number of hydrogen-bond donors (Lipinski definition) is 3. The number of morpholine rings is 1. The number of amides is 1. The molecule has 2 aliphatic heterocycles. The number of nitrogens with zero attached hydrogens (tertiary/aromatic N) is 3. The molecule has 0 aliphatic carbocycles. The summed E-state index contributed by atoms with van der Waals surface area (Å²) in [6.45, 7) is 1.90. The number of anilines is 1. The molecule has 0 radical (unpaired) electrons. The van der Waals surface area contributed by atoms with E-state index in [4.69, 9.17) is 10.5 Å². The maximum absolute atomic E-state index is 13.3. The van der Waals surface area contributed by atoms with Crippen LogP contribution in [0, 0.1) is 0 Å². The first-order chi connectivity index (χ1) is 14.5. The molecule has 0 unspecified atom stereocenters. The highest BCUT2D eigenvalue weighted by Gasteiger charge is 2.37. The molecule has 8 nitrogen and oxygen atoms in total. The Balaban J connectivity index is 1.74. The molecule has 3 aromatic rings. The third-order valence-electron chi connectivity index (χ3n) is 5.44. The summed E-state index contributed by atoms with van der Waals surface area (Å²) in [6.07, 6.45) is 0. The summed E-state index contributed by atoms with van der Waals surface area (Å²) < 4.78 is 28.7. The highest BCUT2D eigenvalue weighted by Crippen LogP contribution is 2.59. The van der Waals surface area contributed by atoms with Gasteiger partial charge in [-0.1, -0.05) is 24.3 Å². The maximum Gasteiger partial charge on any atom is 0.274 e. The molecule has 156 valence electrons. The van der Waals surface area contributed by atoms with Gasteiger partial charge in [0.25, 0.3) is 5.91 Å². The molecule has 0 spiro atoms. The van der Waals surface area contributed by atoms with Crippen LogP contribution < -0.4 is 5.73 Å². The van der Waals surface area contributed by atoms with Gasteiger partial charge >= 0.3 is 0 Å². The lowest BCUT2D eigenvalue weighted by atomic mass is 10.0. The van der Waals surface area contributed by atoms with Crippen LogP contribution in [0.1, 0.15) is 16.1 Å². The number of carbonyl (C=O) groups excluding carboxylic acids is 1. The zero-order valence-corrected chi connectivity index (χ0v) is 17.0. The first-order valence-corrected chi connectivity index (χ1v) is 11.4. The van der Waals surface area contributed by atoms with E-state index >= 15 is 0 Å². The fraction of sp³-hybridized carbons (Fsp3) is 0.238. The normalized spacial score (nSPS) is 18.4. The van der Waals surface area contributed by atoms with Crippen LogP contribution in [0.15, 0.2) is 53.4 Å². The average Bonchev–Trinajstić information content (AvgIpc) is 3.12. The van der Waals surface area contributed by atoms with Gasteiger partial charge in [-0.15, -0.1) is 0 Å². The molecule has 0 saturated carbocycles. The zero-order valence-electron chi connectivity index (χ0n) is 16.2. The molecule has 30 heavy (non-hydrogen) atoms. The quantitative estimate of drug-likeness (QED) is 0.542. The first-order valence-electron chi connectivity index (χ1n) is 9.66. The average molecular weight is 426 g/mol. The number of fused-ring (bicyclic) bond motifs is 3. The van der Waals surface area contributed by atoms with Crippen molar-refractivity contribution in [1.29, 1.82) is 0 Å². The Morgan fingerprint density at radius 1 is 1.10 bits per heavy atom. The van der Waals surface area contributed by atoms with Gasteiger partial charge < -0.3 is 15.4 Å². The summed E-state index contributed by atoms with van der Waals surface area (Å²) in [5, 5.41) is 4.66. The molecule has 1 aromatic heterocycles. The Bertz CT molecular complexity index is 1140. The molecule has 5 rings (SSSR count). The molecule has 2 aliphatic rings. The van der Waals surface area contributed by atoms with E-state index in [-0.39, 0.29) is 17.4 Å². The number of nitrogens with two attached hydrogens (primary N) is 1. The number of benzene rings is 2. The highest BCUT2D eigenvalue weighted by molar-refractivity contribution is 8.23. The van der Waals surface area contributed by atoms with Gasteiger partial charge in [0.05, 0.1) is 35.2 Å². The van der Waals surface area contributed by atoms with Crippen LogP contribution in [-0.2, 0) is 10.5 Å². The molecule has 0 bridgehead atoms. The van der Waals surface area contributed by atoms with Crippen LogP contribution in [0.25, 0.3) is 16.9 Å². The number of carbonyl (C=O) groups is 1. The summed E-state index contributed by atoms with van der Waals surface area (Å²) >= 11 is 0. The summed E-state index contributed by atoms with van der Waals surface area (Å²) in [4.78, 5) is 15.5. The Kier molecular flexibility index (Phi) is 4.55. The van der Waals surface area contributed by atoms with Crippen molar-refractivity contribution in [2.75, 3.05) is 32.0 Å². The minimum atomic E-state index is -3.09. The van der Waals surface area contributed by atoms with Crippen LogP contribution >= 0.6 is 10.6 Å². The summed E-state index contributed by atoms with van der Waals surface area (Å²) in [6, 6.07) is 14.4. The fourth-order valence-electron chi connectivity index (χ4n) is 4.02. The van der Waals surface area contributed by atoms with E-state index < -0.39 is 10.6 Å². The second kappa shape index (κ2) is 7.13. The number of rotatable bonds is 2. The van der Waals surface area contributed by atoms with E-state index in [2.05, 4.69) is 5.10 Å². The Morgan fingerprint density at radius 2 is 1.87 bits per heavy atom.